The van der Waals surface area contributed by atoms with Gasteiger partial charge in [-0.2, -0.15) is 5.10 Å². The van der Waals surface area contributed by atoms with Gasteiger partial charge in [-0.15, -0.1) is 0 Å². The number of fused-ring (bicyclic) bond motifs is 1. The van der Waals surface area contributed by atoms with Crippen molar-refractivity contribution in [3.8, 4) is 0 Å². The van der Waals surface area contributed by atoms with E-state index in [4.69, 9.17) is 0 Å². The van der Waals surface area contributed by atoms with Crippen LogP contribution in [0, 0.1) is 0 Å². The number of aromatic nitrogens is 2. The maximum absolute atomic E-state index is 4.19. The molecule has 1 aromatic heterocycles. The van der Waals surface area contributed by atoms with Crippen molar-refractivity contribution in [1.82, 2.24) is 15.1 Å². The van der Waals surface area contributed by atoms with E-state index in [0.29, 0.717) is 0 Å². The highest BCUT2D eigenvalue weighted by molar-refractivity contribution is 5.46. The Morgan fingerprint density at radius 3 is 3.17 bits per heavy atom. The van der Waals surface area contributed by atoms with Crippen LogP contribution in [0.15, 0.2) is 0 Å². The first-order valence-corrected chi connectivity index (χ1v) is 4.23. The van der Waals surface area contributed by atoms with Gasteiger partial charge in [0, 0.05) is 25.7 Å². The summed E-state index contributed by atoms with van der Waals surface area (Å²) in [7, 11) is 4.04. The van der Waals surface area contributed by atoms with Crippen LogP contribution in [0.1, 0.15) is 11.3 Å². The first-order chi connectivity index (χ1) is 5.81. The summed E-state index contributed by atoms with van der Waals surface area (Å²) in [4.78, 5) is 2.29. The van der Waals surface area contributed by atoms with Crippen molar-refractivity contribution in [1.29, 1.82) is 0 Å². The van der Waals surface area contributed by atoms with E-state index in [-0.39, 0.29) is 0 Å². The fourth-order valence-electron chi connectivity index (χ4n) is 1.66. The van der Waals surface area contributed by atoms with Crippen molar-refractivity contribution in [2.75, 3.05) is 26.0 Å². The minimum Gasteiger partial charge on any atom is -0.371 e. The van der Waals surface area contributed by atoms with E-state index in [1.165, 1.54) is 11.3 Å². The Bertz CT molecular complexity index is 279. The molecule has 1 aliphatic heterocycles. The number of hydrogen-bond donors (Lipinski definition) is 2. The SMILES string of the molecule is CNc1n[nH]c2c1CCN(C)C2. The van der Waals surface area contributed by atoms with Gasteiger partial charge in [0.1, 0.15) is 0 Å². The van der Waals surface area contributed by atoms with Gasteiger partial charge < -0.3 is 10.2 Å². The monoisotopic (exact) mass is 166 g/mol. The van der Waals surface area contributed by atoms with Gasteiger partial charge in [-0.25, -0.2) is 0 Å². The topological polar surface area (TPSA) is 44.0 Å². The molecule has 0 fully saturated rings. The van der Waals surface area contributed by atoms with Crippen molar-refractivity contribution in [2.45, 2.75) is 13.0 Å². The molecule has 0 saturated heterocycles. The van der Waals surface area contributed by atoms with Gasteiger partial charge in [0.25, 0.3) is 0 Å². The second kappa shape index (κ2) is 2.79. The Hall–Kier alpha value is -1.03. The molecule has 2 rings (SSSR count). The fourth-order valence-corrected chi connectivity index (χ4v) is 1.66. The van der Waals surface area contributed by atoms with Gasteiger partial charge in [0.15, 0.2) is 5.82 Å². The highest BCUT2D eigenvalue weighted by atomic mass is 15.2. The van der Waals surface area contributed by atoms with Gasteiger partial charge >= 0.3 is 0 Å². The lowest BCUT2D eigenvalue weighted by molar-refractivity contribution is 0.309. The predicted octanol–water partition coefficient (Wildman–Crippen LogP) is 0.439. The number of hydrogen-bond acceptors (Lipinski definition) is 3. The van der Waals surface area contributed by atoms with Crippen LogP contribution in [0.25, 0.3) is 0 Å². The van der Waals surface area contributed by atoms with E-state index < -0.39 is 0 Å². The summed E-state index contributed by atoms with van der Waals surface area (Å²) in [5.41, 5.74) is 2.61. The number of nitrogens with zero attached hydrogens (tertiary/aromatic N) is 2. The minimum atomic E-state index is 0.990. The normalized spacial score (nSPS) is 17.5. The third-order valence-corrected chi connectivity index (χ3v) is 2.36. The standard InChI is InChI=1S/C8H14N4/c1-9-8-6-3-4-12(2)5-7(6)10-11-8/h3-5H2,1-2H3,(H2,9,10,11). The molecule has 0 radical (unpaired) electrons. The molecular formula is C8H14N4. The lowest BCUT2D eigenvalue weighted by atomic mass is 10.1. The molecular weight excluding hydrogens is 152 g/mol. The molecule has 66 valence electrons. The quantitative estimate of drug-likeness (QED) is 0.636. The Morgan fingerprint density at radius 2 is 2.42 bits per heavy atom. The first kappa shape index (κ1) is 7.61. The van der Waals surface area contributed by atoms with E-state index >= 15 is 0 Å². The van der Waals surface area contributed by atoms with Crippen LogP contribution in [0.5, 0.6) is 0 Å². The van der Waals surface area contributed by atoms with Gasteiger partial charge in [0.05, 0.1) is 5.69 Å². The molecule has 0 spiro atoms. The van der Waals surface area contributed by atoms with Crippen molar-refractivity contribution < 1.29 is 0 Å². The highest BCUT2D eigenvalue weighted by Crippen LogP contribution is 2.21. The summed E-state index contributed by atoms with van der Waals surface area (Å²) < 4.78 is 0. The molecule has 2 heterocycles. The van der Waals surface area contributed by atoms with Gasteiger partial charge in [-0.1, -0.05) is 0 Å². The van der Waals surface area contributed by atoms with Crippen molar-refractivity contribution >= 4 is 5.82 Å². The van der Waals surface area contributed by atoms with E-state index in [1.807, 2.05) is 7.05 Å². The summed E-state index contributed by atoms with van der Waals surface area (Å²) in [5.74, 6) is 1.01. The third kappa shape index (κ3) is 1.08. The zero-order valence-electron chi connectivity index (χ0n) is 7.52. The van der Waals surface area contributed by atoms with Crippen molar-refractivity contribution in [2.24, 2.45) is 0 Å². The second-order valence-corrected chi connectivity index (χ2v) is 3.27. The number of H-pyrrole nitrogens is 1. The van der Waals surface area contributed by atoms with Crippen LogP contribution in [-0.4, -0.2) is 35.7 Å². The molecule has 0 saturated carbocycles. The molecule has 1 aliphatic rings. The van der Waals surface area contributed by atoms with Crippen LogP contribution >= 0.6 is 0 Å². The van der Waals surface area contributed by atoms with E-state index in [1.54, 1.807) is 0 Å². The summed E-state index contributed by atoms with van der Waals surface area (Å²) in [5, 5.41) is 10.3. The number of aromatic amines is 1. The second-order valence-electron chi connectivity index (χ2n) is 3.27. The maximum atomic E-state index is 4.19. The zero-order valence-corrected chi connectivity index (χ0v) is 7.52. The van der Waals surface area contributed by atoms with Gasteiger partial charge in [0.2, 0.25) is 0 Å². The van der Waals surface area contributed by atoms with Crippen molar-refractivity contribution in [3.05, 3.63) is 11.3 Å². The molecule has 0 unspecified atom stereocenters. The molecule has 0 amide bonds. The van der Waals surface area contributed by atoms with Crippen LogP contribution < -0.4 is 5.32 Å². The lowest BCUT2D eigenvalue weighted by Gasteiger charge is -2.21. The predicted molar refractivity (Wildman–Crippen MR) is 48.2 cm³/mol. The van der Waals surface area contributed by atoms with Crippen LogP contribution in [-0.2, 0) is 13.0 Å². The molecule has 1 aromatic rings. The number of rotatable bonds is 1. The van der Waals surface area contributed by atoms with Gasteiger partial charge in [-0.3, -0.25) is 5.10 Å². The summed E-state index contributed by atoms with van der Waals surface area (Å²) in [6.07, 6.45) is 1.10. The molecule has 0 aliphatic carbocycles. The van der Waals surface area contributed by atoms with Crippen LogP contribution in [0.3, 0.4) is 0 Å². The molecule has 0 bridgehead atoms. The summed E-state index contributed by atoms with van der Waals surface area (Å²) in [6, 6.07) is 0. The number of nitrogens with one attached hydrogen (secondary N) is 2. The van der Waals surface area contributed by atoms with Crippen molar-refractivity contribution in [3.63, 3.8) is 0 Å². The Balaban J connectivity index is 2.32. The first-order valence-electron chi connectivity index (χ1n) is 4.23. The number of likely N-dealkylation sites (N-methyl/N-ethyl adjacent to an activating group) is 1. The van der Waals surface area contributed by atoms with E-state index in [0.717, 1.165) is 25.3 Å². The Morgan fingerprint density at radius 1 is 1.58 bits per heavy atom. The molecule has 0 aromatic carbocycles. The summed E-state index contributed by atoms with van der Waals surface area (Å²) >= 11 is 0. The fraction of sp³-hybridized carbons (Fsp3) is 0.625. The third-order valence-electron chi connectivity index (χ3n) is 2.36. The van der Waals surface area contributed by atoms with Crippen LogP contribution in [0.2, 0.25) is 0 Å². The van der Waals surface area contributed by atoms with E-state index in [9.17, 15) is 0 Å². The highest BCUT2D eigenvalue weighted by Gasteiger charge is 2.18. The Kier molecular flexibility index (Phi) is 1.77. The zero-order chi connectivity index (χ0) is 8.55. The molecule has 4 nitrogen and oxygen atoms in total. The van der Waals surface area contributed by atoms with Crippen LogP contribution in [0.4, 0.5) is 5.82 Å². The average molecular weight is 166 g/mol. The maximum Gasteiger partial charge on any atom is 0.151 e. The average Bonchev–Trinajstić information content (AvgIpc) is 2.46. The molecule has 4 heteroatoms. The largest absolute Gasteiger partial charge is 0.371 e. The summed E-state index contributed by atoms with van der Waals surface area (Å²) in [6.45, 7) is 2.12. The Labute approximate surface area is 72.0 Å². The molecule has 12 heavy (non-hydrogen) atoms. The van der Waals surface area contributed by atoms with Gasteiger partial charge in [-0.05, 0) is 13.5 Å². The van der Waals surface area contributed by atoms with E-state index in [2.05, 4.69) is 27.5 Å². The molecule has 2 N–H and O–H groups in total. The lowest BCUT2D eigenvalue weighted by Crippen LogP contribution is -2.26. The smallest absolute Gasteiger partial charge is 0.151 e. The molecule has 0 atom stereocenters. The minimum absolute atomic E-state index is 0.990. The number of anilines is 1.